The molecule has 0 N–H and O–H groups in total. The van der Waals surface area contributed by atoms with Gasteiger partial charge in [0, 0.05) is 5.56 Å². The van der Waals surface area contributed by atoms with Crippen LogP contribution >= 0.6 is 22.9 Å². The molecule has 0 radical (unpaired) electrons. The Hall–Kier alpha value is -4.21. The largest absolute Gasteiger partial charge is 0.497 e. The third-order valence-corrected chi connectivity index (χ3v) is 7.89. The van der Waals surface area contributed by atoms with Crippen molar-refractivity contribution in [2.75, 3.05) is 13.7 Å². The van der Waals surface area contributed by atoms with Crippen LogP contribution in [-0.4, -0.2) is 24.3 Å². The molecule has 2 heterocycles. The summed E-state index contributed by atoms with van der Waals surface area (Å²) in [5.74, 6) is 0.170. The van der Waals surface area contributed by atoms with Crippen LogP contribution in [0, 0.1) is 5.82 Å². The Balaban J connectivity index is 1.54. The first kappa shape index (κ1) is 28.3. The van der Waals surface area contributed by atoms with E-state index in [0.717, 1.165) is 5.56 Å². The molecule has 0 amide bonds. The Kier molecular flexibility index (Phi) is 8.37. The molecule has 0 unspecified atom stereocenters. The van der Waals surface area contributed by atoms with Crippen LogP contribution in [0.4, 0.5) is 4.39 Å². The third-order valence-electron chi connectivity index (χ3n) is 6.55. The molecule has 0 fully saturated rings. The summed E-state index contributed by atoms with van der Waals surface area (Å²) >= 11 is 7.34. The predicted octanol–water partition coefficient (Wildman–Crippen LogP) is 5.18. The molecule has 3 aromatic carbocycles. The second-order valence-corrected chi connectivity index (χ2v) is 10.6. The number of carbonyl (C=O) groups excluding carboxylic acids is 1. The number of esters is 1. The van der Waals surface area contributed by atoms with E-state index in [0.29, 0.717) is 37.7 Å². The number of thiazole rings is 1. The number of rotatable bonds is 8. The van der Waals surface area contributed by atoms with Gasteiger partial charge in [-0.25, -0.2) is 14.2 Å². The van der Waals surface area contributed by atoms with E-state index in [4.69, 9.17) is 25.8 Å². The van der Waals surface area contributed by atoms with Crippen LogP contribution in [0.3, 0.4) is 0 Å². The van der Waals surface area contributed by atoms with Gasteiger partial charge in [0.25, 0.3) is 5.56 Å². The van der Waals surface area contributed by atoms with Crippen LogP contribution in [0.25, 0.3) is 6.08 Å². The normalized spacial score (nSPS) is 14.9. The number of methoxy groups -OCH3 is 1. The summed E-state index contributed by atoms with van der Waals surface area (Å²) in [7, 11) is 1.57. The Bertz CT molecular complexity index is 1810. The maximum absolute atomic E-state index is 14.2. The zero-order valence-electron chi connectivity index (χ0n) is 22.5. The molecule has 1 atom stereocenters. The van der Waals surface area contributed by atoms with Gasteiger partial charge in [0.15, 0.2) is 4.80 Å². The number of aromatic nitrogens is 1. The quantitative estimate of drug-likeness (QED) is 0.264. The highest BCUT2D eigenvalue weighted by molar-refractivity contribution is 7.07. The van der Waals surface area contributed by atoms with Crippen molar-refractivity contribution in [3.8, 4) is 11.5 Å². The molecular formula is C31H26ClFN2O5S. The van der Waals surface area contributed by atoms with Crippen LogP contribution in [0.1, 0.15) is 36.6 Å². The minimum atomic E-state index is -0.724. The van der Waals surface area contributed by atoms with Gasteiger partial charge in [-0.15, -0.1) is 0 Å². The first-order chi connectivity index (χ1) is 19.8. The standard InChI is InChI=1S/C31H26ClFN2O5S/c1-4-39-30(37)27-18(2)34-31-35(28(27)20-11-13-21(38-3)14-12-20)29(36)26(41-31)16-19-7-5-8-22(15-19)40-17-23-24(32)9-6-10-25(23)33/h5-16,28H,4,17H2,1-3H3/b26-16-/t28-/m0/s1. The van der Waals surface area contributed by atoms with Gasteiger partial charge in [-0.2, -0.15) is 0 Å². The second-order valence-electron chi connectivity index (χ2n) is 9.14. The lowest BCUT2D eigenvalue weighted by Gasteiger charge is -2.24. The van der Waals surface area contributed by atoms with Crippen LogP contribution in [0.5, 0.6) is 11.5 Å². The number of benzene rings is 3. The molecule has 0 saturated carbocycles. The minimum Gasteiger partial charge on any atom is -0.497 e. The van der Waals surface area contributed by atoms with E-state index < -0.39 is 17.8 Å². The van der Waals surface area contributed by atoms with E-state index in [9.17, 15) is 14.0 Å². The molecule has 7 nitrogen and oxygen atoms in total. The summed E-state index contributed by atoms with van der Waals surface area (Å²) in [6.07, 6.45) is 1.74. The van der Waals surface area contributed by atoms with Crippen LogP contribution in [-0.2, 0) is 16.1 Å². The fourth-order valence-electron chi connectivity index (χ4n) is 4.56. The fourth-order valence-corrected chi connectivity index (χ4v) is 5.83. The fraction of sp³-hybridized carbons (Fsp3) is 0.194. The summed E-state index contributed by atoms with van der Waals surface area (Å²) in [6.45, 7) is 3.61. The highest BCUT2D eigenvalue weighted by Crippen LogP contribution is 2.31. The topological polar surface area (TPSA) is 79.1 Å². The summed E-state index contributed by atoms with van der Waals surface area (Å²) in [4.78, 5) is 31.9. The van der Waals surface area contributed by atoms with E-state index in [-0.39, 0.29) is 29.4 Å². The lowest BCUT2D eigenvalue weighted by Crippen LogP contribution is -2.39. The first-order valence-corrected chi connectivity index (χ1v) is 14.0. The molecule has 41 heavy (non-hydrogen) atoms. The van der Waals surface area contributed by atoms with E-state index in [2.05, 4.69) is 4.99 Å². The molecule has 1 aromatic heterocycles. The van der Waals surface area contributed by atoms with Crippen molar-refractivity contribution in [3.05, 3.63) is 125 Å². The van der Waals surface area contributed by atoms with Crippen LogP contribution in [0.2, 0.25) is 5.02 Å². The molecule has 4 aromatic rings. The Morgan fingerprint density at radius 3 is 2.59 bits per heavy atom. The second kappa shape index (κ2) is 12.1. The van der Waals surface area contributed by atoms with E-state index >= 15 is 0 Å². The van der Waals surface area contributed by atoms with Gasteiger partial charge >= 0.3 is 5.97 Å². The summed E-state index contributed by atoms with van der Waals surface area (Å²) in [6, 6.07) is 18.1. The molecule has 5 rings (SSSR count). The average Bonchev–Trinajstić information content (AvgIpc) is 3.26. The monoisotopic (exact) mass is 592 g/mol. The SMILES string of the molecule is CCOC(=O)C1=C(C)N=c2s/c(=C\c3cccc(OCc4c(F)cccc4Cl)c3)c(=O)n2[C@H]1c1ccc(OC)cc1. The number of hydrogen-bond acceptors (Lipinski definition) is 7. The van der Waals surface area contributed by atoms with E-state index in [1.807, 2.05) is 18.2 Å². The van der Waals surface area contributed by atoms with Crippen LogP contribution < -0.4 is 24.4 Å². The van der Waals surface area contributed by atoms with Gasteiger partial charge in [-0.05, 0) is 67.4 Å². The van der Waals surface area contributed by atoms with Crippen molar-refractivity contribution in [1.82, 2.24) is 4.57 Å². The van der Waals surface area contributed by atoms with Gasteiger partial charge in [-0.3, -0.25) is 9.36 Å². The minimum absolute atomic E-state index is 0.0467. The third kappa shape index (κ3) is 5.82. The van der Waals surface area contributed by atoms with Crippen molar-refractivity contribution < 1.29 is 23.4 Å². The van der Waals surface area contributed by atoms with E-state index in [1.165, 1.54) is 28.0 Å². The van der Waals surface area contributed by atoms with Gasteiger partial charge in [0.05, 0.1) is 40.6 Å². The molecule has 10 heteroatoms. The number of carbonyl (C=O) groups is 1. The molecule has 1 aliphatic rings. The molecule has 0 saturated heterocycles. The maximum Gasteiger partial charge on any atom is 0.338 e. The number of nitrogens with zero attached hydrogens (tertiary/aromatic N) is 2. The van der Waals surface area contributed by atoms with Crippen LogP contribution in [0.15, 0.2) is 87.8 Å². The van der Waals surface area contributed by atoms with Gasteiger partial charge in [0.1, 0.15) is 23.9 Å². The van der Waals surface area contributed by atoms with Crippen molar-refractivity contribution in [2.24, 2.45) is 4.99 Å². The zero-order chi connectivity index (χ0) is 29.1. The van der Waals surface area contributed by atoms with Crippen molar-refractivity contribution >= 4 is 35.0 Å². The van der Waals surface area contributed by atoms with Gasteiger partial charge < -0.3 is 14.2 Å². The Labute approximate surface area is 244 Å². The Morgan fingerprint density at radius 2 is 1.88 bits per heavy atom. The number of hydrogen-bond donors (Lipinski definition) is 0. The van der Waals surface area contributed by atoms with Crippen molar-refractivity contribution in [3.63, 3.8) is 0 Å². The van der Waals surface area contributed by atoms with Gasteiger partial charge in [-0.1, -0.05) is 53.3 Å². The molecule has 1 aliphatic heterocycles. The zero-order valence-corrected chi connectivity index (χ0v) is 24.1. The molecule has 210 valence electrons. The molecule has 0 spiro atoms. The molecular weight excluding hydrogens is 567 g/mol. The highest BCUT2D eigenvalue weighted by Gasteiger charge is 2.33. The molecule has 0 bridgehead atoms. The average molecular weight is 593 g/mol. The van der Waals surface area contributed by atoms with Gasteiger partial charge in [0.2, 0.25) is 0 Å². The predicted molar refractivity (Wildman–Crippen MR) is 156 cm³/mol. The van der Waals surface area contributed by atoms with Crippen molar-refractivity contribution in [1.29, 1.82) is 0 Å². The lowest BCUT2D eigenvalue weighted by atomic mass is 9.96. The maximum atomic E-state index is 14.2. The van der Waals surface area contributed by atoms with E-state index in [1.54, 1.807) is 63.4 Å². The number of fused-ring (bicyclic) bond motifs is 1. The summed E-state index contributed by atoms with van der Waals surface area (Å²) < 4.78 is 32.5. The summed E-state index contributed by atoms with van der Waals surface area (Å²) in [5.41, 5.74) is 2.18. The smallest absolute Gasteiger partial charge is 0.338 e. The van der Waals surface area contributed by atoms with Crippen molar-refractivity contribution in [2.45, 2.75) is 26.5 Å². The number of allylic oxidation sites excluding steroid dienone is 1. The summed E-state index contributed by atoms with van der Waals surface area (Å²) in [5, 5.41) is 0.283. The Morgan fingerprint density at radius 1 is 1.12 bits per heavy atom. The molecule has 0 aliphatic carbocycles. The first-order valence-electron chi connectivity index (χ1n) is 12.8. The highest BCUT2D eigenvalue weighted by atomic mass is 35.5. The number of ether oxygens (including phenoxy) is 3. The lowest BCUT2D eigenvalue weighted by molar-refractivity contribution is -0.139. The number of halogens is 2.